The van der Waals surface area contributed by atoms with Gasteiger partial charge in [-0.2, -0.15) is 0 Å². The quantitative estimate of drug-likeness (QED) is 0.654. The first kappa shape index (κ1) is 21.4. The zero-order valence-corrected chi connectivity index (χ0v) is 17.0. The second kappa shape index (κ2) is 9.49. The van der Waals surface area contributed by atoms with E-state index in [1.165, 1.54) is 11.8 Å². The lowest BCUT2D eigenvalue weighted by Crippen LogP contribution is -2.52. The number of nitrogens with one attached hydrogen (secondary N) is 2. The summed E-state index contributed by atoms with van der Waals surface area (Å²) in [6.45, 7) is 3.21. The zero-order valence-electron chi connectivity index (χ0n) is 17.0. The number of pyridine rings is 1. The van der Waals surface area contributed by atoms with Gasteiger partial charge in [-0.15, -0.1) is 0 Å². The van der Waals surface area contributed by atoms with Gasteiger partial charge in [-0.1, -0.05) is 36.4 Å². The van der Waals surface area contributed by atoms with E-state index in [4.69, 9.17) is 0 Å². The van der Waals surface area contributed by atoms with Gasteiger partial charge in [-0.25, -0.2) is 0 Å². The lowest BCUT2D eigenvalue weighted by molar-refractivity contribution is -0.141. The summed E-state index contributed by atoms with van der Waals surface area (Å²) in [4.78, 5) is 42.3. The molecule has 0 unspecified atom stereocenters. The third-order valence-electron chi connectivity index (χ3n) is 5.02. The van der Waals surface area contributed by atoms with E-state index in [-0.39, 0.29) is 31.3 Å². The molecule has 1 aromatic heterocycles. The van der Waals surface area contributed by atoms with Crippen LogP contribution in [-0.4, -0.2) is 57.4 Å². The van der Waals surface area contributed by atoms with Crippen LogP contribution in [0.4, 0.5) is 0 Å². The van der Waals surface area contributed by atoms with Crippen molar-refractivity contribution in [2.24, 2.45) is 0 Å². The molecule has 1 aromatic carbocycles. The summed E-state index contributed by atoms with van der Waals surface area (Å²) in [7, 11) is 0. The minimum atomic E-state index is -0.778. The third-order valence-corrected chi connectivity index (χ3v) is 5.02. The summed E-state index contributed by atoms with van der Waals surface area (Å²) in [5, 5.41) is 15.3. The first-order valence-electron chi connectivity index (χ1n) is 9.89. The molecule has 1 fully saturated rings. The number of likely N-dealkylation sites (tertiary alicyclic amines) is 1. The van der Waals surface area contributed by atoms with Gasteiger partial charge >= 0.3 is 0 Å². The highest BCUT2D eigenvalue weighted by Gasteiger charge is 2.40. The maximum absolute atomic E-state index is 12.7. The molecule has 2 aromatic rings. The molecule has 3 N–H and O–H groups in total. The van der Waals surface area contributed by atoms with Crippen LogP contribution >= 0.6 is 0 Å². The molecule has 3 rings (SSSR count). The highest BCUT2D eigenvalue weighted by atomic mass is 16.3. The van der Waals surface area contributed by atoms with Crippen molar-refractivity contribution in [2.45, 2.75) is 45.0 Å². The van der Waals surface area contributed by atoms with Crippen molar-refractivity contribution in [1.29, 1.82) is 0 Å². The average Bonchev–Trinajstić information content (AvgIpc) is 3.13. The number of nitrogens with zero attached hydrogens (tertiary/aromatic N) is 2. The molecular formula is C22H26N4O4. The van der Waals surface area contributed by atoms with Gasteiger partial charge in [0.2, 0.25) is 17.7 Å². The molecule has 2 heterocycles. The van der Waals surface area contributed by atoms with E-state index in [1.54, 1.807) is 13.1 Å². The summed E-state index contributed by atoms with van der Waals surface area (Å²) in [5.41, 5.74) is 2.68. The summed E-state index contributed by atoms with van der Waals surface area (Å²) in [5.74, 6) is -1.07. The second-order valence-electron chi connectivity index (χ2n) is 7.45. The number of amides is 3. The fourth-order valence-corrected chi connectivity index (χ4v) is 3.54. The van der Waals surface area contributed by atoms with Gasteiger partial charge in [-0.3, -0.25) is 19.4 Å². The molecule has 0 bridgehead atoms. The van der Waals surface area contributed by atoms with Crippen LogP contribution in [0, 0.1) is 0 Å². The van der Waals surface area contributed by atoms with Gasteiger partial charge in [0.15, 0.2) is 0 Å². The Labute approximate surface area is 175 Å². The summed E-state index contributed by atoms with van der Waals surface area (Å²) in [6, 6.07) is 12.0. The number of rotatable bonds is 6. The van der Waals surface area contributed by atoms with Crippen LogP contribution in [-0.2, 0) is 20.9 Å². The number of aromatic nitrogens is 1. The molecule has 0 radical (unpaired) electrons. The molecule has 30 heavy (non-hydrogen) atoms. The number of hydrogen-bond acceptors (Lipinski definition) is 5. The number of hydrogen-bond donors (Lipinski definition) is 3. The van der Waals surface area contributed by atoms with Gasteiger partial charge in [-0.05, 0) is 18.6 Å². The Balaban J connectivity index is 1.60. The van der Waals surface area contributed by atoms with Crippen molar-refractivity contribution < 1.29 is 19.5 Å². The van der Waals surface area contributed by atoms with Gasteiger partial charge in [0.1, 0.15) is 12.1 Å². The highest BCUT2D eigenvalue weighted by Crippen LogP contribution is 2.20. The molecule has 8 heteroatoms. The summed E-state index contributed by atoms with van der Waals surface area (Å²) < 4.78 is 0. The molecule has 1 aliphatic rings. The van der Waals surface area contributed by atoms with Crippen molar-refractivity contribution in [1.82, 2.24) is 20.5 Å². The van der Waals surface area contributed by atoms with E-state index in [0.717, 1.165) is 16.8 Å². The second-order valence-corrected chi connectivity index (χ2v) is 7.45. The number of aliphatic hydroxyl groups is 1. The van der Waals surface area contributed by atoms with Crippen molar-refractivity contribution in [2.75, 3.05) is 6.54 Å². The predicted octanol–water partition coefficient (Wildman–Crippen LogP) is 0.851. The monoisotopic (exact) mass is 410 g/mol. The van der Waals surface area contributed by atoms with Crippen molar-refractivity contribution in [3.05, 3.63) is 54.2 Å². The molecule has 3 amide bonds. The zero-order chi connectivity index (χ0) is 21.7. The Hall–Kier alpha value is -3.26. The molecule has 0 aliphatic carbocycles. The van der Waals surface area contributed by atoms with Gasteiger partial charge in [0.25, 0.3) is 0 Å². The molecule has 1 aliphatic heterocycles. The number of carbonyl (C=O) groups excluding carboxylic acids is 3. The van der Waals surface area contributed by atoms with Gasteiger partial charge in [0.05, 0.1) is 11.8 Å². The topological polar surface area (TPSA) is 112 Å². The molecule has 0 saturated carbocycles. The van der Waals surface area contributed by atoms with Crippen molar-refractivity contribution in [3.8, 4) is 11.3 Å². The predicted molar refractivity (Wildman–Crippen MR) is 111 cm³/mol. The number of carbonyl (C=O) groups is 3. The number of benzene rings is 1. The molecule has 0 spiro atoms. The fraction of sp³-hybridized carbons (Fsp3) is 0.364. The average molecular weight is 410 g/mol. The van der Waals surface area contributed by atoms with E-state index < -0.39 is 24.1 Å². The largest absolute Gasteiger partial charge is 0.391 e. The Morgan fingerprint density at radius 3 is 2.57 bits per heavy atom. The first-order valence-corrected chi connectivity index (χ1v) is 9.89. The minimum absolute atomic E-state index is 0.0637. The highest BCUT2D eigenvalue weighted by molar-refractivity contribution is 5.92. The summed E-state index contributed by atoms with van der Waals surface area (Å²) >= 11 is 0. The number of β-amino-alcohol motifs (C(OH)–C–C–N with tert-alkyl or cyclic N) is 1. The lowest BCUT2D eigenvalue weighted by atomic mass is 10.1. The van der Waals surface area contributed by atoms with E-state index >= 15 is 0 Å². The molecule has 8 nitrogen and oxygen atoms in total. The van der Waals surface area contributed by atoms with Crippen LogP contribution in [0.3, 0.4) is 0 Å². The SMILES string of the molecule is CC(=O)N[C@@H](C)C(=O)N1C[C@H](O)C[C@H]1C(=O)NCc1ccc(-c2ccccc2)nc1. The van der Waals surface area contributed by atoms with Crippen LogP contribution in [0.15, 0.2) is 48.7 Å². The maximum Gasteiger partial charge on any atom is 0.245 e. The summed E-state index contributed by atoms with van der Waals surface area (Å²) in [6.07, 6.45) is 1.09. The molecule has 3 atom stereocenters. The van der Waals surface area contributed by atoms with Crippen LogP contribution in [0.2, 0.25) is 0 Å². The van der Waals surface area contributed by atoms with E-state index in [1.807, 2.05) is 42.5 Å². The molecule has 1 saturated heterocycles. The molecule has 158 valence electrons. The van der Waals surface area contributed by atoms with E-state index in [0.29, 0.717) is 0 Å². The standard InChI is InChI=1S/C22H26N4O4/c1-14(25-15(2)27)22(30)26-13-18(28)10-20(26)21(29)24-12-16-8-9-19(23-11-16)17-6-4-3-5-7-17/h3-9,11,14,18,20,28H,10,12-13H2,1-2H3,(H,24,29)(H,25,27)/t14-,18+,20-/m0/s1. The lowest BCUT2D eigenvalue weighted by Gasteiger charge is -2.26. The normalized spacial score (nSPS) is 19.2. The van der Waals surface area contributed by atoms with Crippen molar-refractivity contribution >= 4 is 17.7 Å². The Morgan fingerprint density at radius 1 is 1.20 bits per heavy atom. The van der Waals surface area contributed by atoms with Crippen molar-refractivity contribution in [3.63, 3.8) is 0 Å². The Morgan fingerprint density at radius 2 is 1.93 bits per heavy atom. The maximum atomic E-state index is 12.7. The van der Waals surface area contributed by atoms with E-state index in [9.17, 15) is 19.5 Å². The van der Waals surface area contributed by atoms with Crippen LogP contribution in [0.1, 0.15) is 25.8 Å². The Kier molecular flexibility index (Phi) is 6.79. The van der Waals surface area contributed by atoms with Crippen LogP contribution in [0.25, 0.3) is 11.3 Å². The Bertz CT molecular complexity index is 901. The molecular weight excluding hydrogens is 384 g/mol. The smallest absolute Gasteiger partial charge is 0.245 e. The van der Waals surface area contributed by atoms with E-state index in [2.05, 4.69) is 15.6 Å². The fourth-order valence-electron chi connectivity index (χ4n) is 3.54. The van der Waals surface area contributed by atoms with Gasteiger partial charge in [0, 0.05) is 38.2 Å². The van der Waals surface area contributed by atoms with Gasteiger partial charge < -0.3 is 20.6 Å². The minimum Gasteiger partial charge on any atom is -0.391 e. The van der Waals surface area contributed by atoms with Crippen LogP contribution in [0.5, 0.6) is 0 Å². The first-order chi connectivity index (χ1) is 14.3. The number of aliphatic hydroxyl groups excluding tert-OH is 1. The third kappa shape index (κ3) is 5.21. The van der Waals surface area contributed by atoms with Crippen LogP contribution < -0.4 is 10.6 Å².